The number of rotatable bonds is 8. The monoisotopic (exact) mass is 488 g/mol. The molecule has 0 saturated carbocycles. The number of benzene rings is 3. The Hall–Kier alpha value is -4.58. The molecule has 0 aliphatic heterocycles. The van der Waals surface area contributed by atoms with Gasteiger partial charge in [0.05, 0.1) is 11.9 Å². The average Bonchev–Trinajstić information content (AvgIpc) is 2.95. The second-order valence-electron chi connectivity index (χ2n) is 9.04. The highest BCUT2D eigenvalue weighted by Crippen LogP contribution is 2.19. The molecule has 0 N–H and O–H groups in total. The summed E-state index contributed by atoms with van der Waals surface area (Å²) in [6.07, 6.45) is 4.44. The van der Waals surface area contributed by atoms with Crippen molar-refractivity contribution in [3.63, 3.8) is 0 Å². The molecule has 3 aromatic carbocycles. The number of hydrogen-bond acceptors (Lipinski definition) is 4. The molecule has 0 radical (unpaired) electrons. The van der Waals surface area contributed by atoms with Crippen LogP contribution in [0.1, 0.15) is 39.7 Å². The van der Waals surface area contributed by atoms with Gasteiger partial charge in [-0.05, 0) is 40.8 Å². The molecule has 6 nitrogen and oxygen atoms in total. The Kier molecular flexibility index (Phi) is 7.17. The van der Waals surface area contributed by atoms with Gasteiger partial charge in [-0.3, -0.25) is 14.6 Å². The number of hydrogen-bond donors (Lipinski definition) is 0. The molecular formula is C31H28N4O2. The van der Waals surface area contributed by atoms with Crippen LogP contribution in [0.5, 0.6) is 0 Å². The van der Waals surface area contributed by atoms with Gasteiger partial charge in [-0.15, -0.1) is 0 Å². The Bertz CT molecular complexity index is 1560. The zero-order valence-electron chi connectivity index (χ0n) is 20.7. The van der Waals surface area contributed by atoms with Crippen molar-refractivity contribution in [1.29, 1.82) is 0 Å². The van der Waals surface area contributed by atoms with E-state index in [1.807, 2.05) is 54.6 Å². The van der Waals surface area contributed by atoms with Crippen LogP contribution in [0.2, 0.25) is 0 Å². The summed E-state index contributed by atoms with van der Waals surface area (Å²) in [5.74, 6) is -0.235. The highest BCUT2D eigenvalue weighted by molar-refractivity contribution is 6.04. The molecule has 0 spiro atoms. The van der Waals surface area contributed by atoms with E-state index in [1.54, 1.807) is 29.4 Å². The van der Waals surface area contributed by atoms with Gasteiger partial charge in [-0.2, -0.15) is 5.10 Å². The third kappa shape index (κ3) is 5.48. The summed E-state index contributed by atoms with van der Waals surface area (Å²) >= 11 is 0. The molecule has 0 fully saturated rings. The second-order valence-corrected chi connectivity index (χ2v) is 9.04. The van der Waals surface area contributed by atoms with Crippen molar-refractivity contribution >= 4 is 16.7 Å². The first-order valence-corrected chi connectivity index (χ1v) is 12.4. The lowest BCUT2D eigenvalue weighted by Crippen LogP contribution is -2.34. The molecule has 6 heteroatoms. The molecule has 0 aliphatic carbocycles. The molecule has 1 amide bonds. The summed E-state index contributed by atoms with van der Waals surface area (Å²) in [7, 11) is 0. The van der Waals surface area contributed by atoms with Gasteiger partial charge in [-0.1, -0.05) is 85.8 Å². The summed E-state index contributed by atoms with van der Waals surface area (Å²) in [6.45, 7) is 3.18. The first kappa shape index (κ1) is 24.1. The summed E-state index contributed by atoms with van der Waals surface area (Å²) in [5, 5.41) is 5.66. The van der Waals surface area contributed by atoms with E-state index in [1.165, 1.54) is 10.2 Å². The molecule has 0 bridgehead atoms. The Morgan fingerprint density at radius 1 is 0.757 bits per heavy atom. The first-order chi connectivity index (χ1) is 18.1. The van der Waals surface area contributed by atoms with Gasteiger partial charge in [-0.25, -0.2) is 4.68 Å². The van der Waals surface area contributed by atoms with Crippen LogP contribution in [-0.2, 0) is 26.1 Å². The minimum absolute atomic E-state index is 0.218. The highest BCUT2D eigenvalue weighted by Gasteiger charge is 2.23. The maximum Gasteiger partial charge on any atom is 0.275 e. The lowest BCUT2D eigenvalue weighted by atomic mass is 10.1. The van der Waals surface area contributed by atoms with E-state index in [2.05, 4.69) is 41.3 Å². The zero-order valence-corrected chi connectivity index (χ0v) is 20.7. The Morgan fingerprint density at radius 2 is 1.41 bits per heavy atom. The first-order valence-electron chi connectivity index (χ1n) is 12.4. The van der Waals surface area contributed by atoms with Gasteiger partial charge in [0.2, 0.25) is 0 Å². The van der Waals surface area contributed by atoms with Gasteiger partial charge in [0.1, 0.15) is 0 Å². The van der Waals surface area contributed by atoms with E-state index in [0.29, 0.717) is 23.9 Å². The minimum Gasteiger partial charge on any atom is -0.329 e. The fourth-order valence-electron chi connectivity index (χ4n) is 4.42. The Labute approximate surface area is 215 Å². The number of carbonyl (C=O) groups is 1. The van der Waals surface area contributed by atoms with Crippen molar-refractivity contribution < 1.29 is 4.79 Å². The van der Waals surface area contributed by atoms with Crippen molar-refractivity contribution in [2.45, 2.75) is 33.0 Å². The number of aromatic nitrogens is 3. The highest BCUT2D eigenvalue weighted by atomic mass is 16.2. The van der Waals surface area contributed by atoms with Crippen LogP contribution in [0.4, 0.5) is 0 Å². The van der Waals surface area contributed by atoms with Gasteiger partial charge >= 0.3 is 0 Å². The number of carbonyl (C=O) groups excluding carboxylic acids is 1. The van der Waals surface area contributed by atoms with E-state index < -0.39 is 0 Å². The largest absolute Gasteiger partial charge is 0.329 e. The lowest BCUT2D eigenvalue weighted by Gasteiger charge is -2.24. The summed E-state index contributed by atoms with van der Waals surface area (Å²) < 4.78 is 1.39. The fourth-order valence-corrected chi connectivity index (χ4v) is 4.42. The summed E-state index contributed by atoms with van der Waals surface area (Å²) in [4.78, 5) is 33.4. The third-order valence-electron chi connectivity index (χ3n) is 6.43. The molecule has 2 heterocycles. The van der Waals surface area contributed by atoms with Gasteiger partial charge in [0.25, 0.3) is 11.5 Å². The minimum atomic E-state index is -0.235. The van der Waals surface area contributed by atoms with Crippen molar-refractivity contribution in [3.8, 4) is 0 Å². The number of amides is 1. The second kappa shape index (κ2) is 11.0. The molecule has 2 aromatic heterocycles. The van der Waals surface area contributed by atoms with Gasteiger partial charge in [0.15, 0.2) is 5.69 Å². The molecular weight excluding hydrogens is 460 g/mol. The van der Waals surface area contributed by atoms with Crippen molar-refractivity contribution in [3.05, 3.63) is 142 Å². The van der Waals surface area contributed by atoms with E-state index in [9.17, 15) is 9.59 Å². The van der Waals surface area contributed by atoms with E-state index in [-0.39, 0.29) is 23.7 Å². The van der Waals surface area contributed by atoms with Crippen molar-refractivity contribution in [2.24, 2.45) is 0 Å². The fraction of sp³-hybridized carbons (Fsp3) is 0.161. The Morgan fingerprint density at radius 3 is 2.11 bits per heavy atom. The van der Waals surface area contributed by atoms with Gasteiger partial charge in [0, 0.05) is 30.9 Å². The smallest absolute Gasteiger partial charge is 0.275 e. The van der Waals surface area contributed by atoms with Crippen LogP contribution < -0.4 is 5.56 Å². The van der Waals surface area contributed by atoms with E-state index >= 15 is 0 Å². The van der Waals surface area contributed by atoms with Crippen LogP contribution in [0, 0.1) is 0 Å². The lowest BCUT2D eigenvalue weighted by molar-refractivity contribution is 0.0723. The zero-order chi connectivity index (χ0) is 25.6. The number of aryl methyl sites for hydroxylation is 1. The molecule has 37 heavy (non-hydrogen) atoms. The average molecular weight is 489 g/mol. The van der Waals surface area contributed by atoms with E-state index in [0.717, 1.165) is 23.1 Å². The predicted octanol–water partition coefficient (Wildman–Crippen LogP) is 5.24. The number of fused-ring (bicyclic) bond motifs is 1. The van der Waals surface area contributed by atoms with E-state index in [4.69, 9.17) is 0 Å². The standard InChI is InChI=1S/C31H28N4O2/c1-2-23-14-16-25(17-15-23)20-34(21-26-11-8-18-32-19-26)31(37)29-27-12-6-7-13-28(27)30(36)35(33-29)22-24-9-4-3-5-10-24/h3-19H,2,20-22H2,1H3. The molecule has 0 saturated heterocycles. The summed E-state index contributed by atoms with van der Waals surface area (Å²) in [5.41, 5.74) is 4.17. The van der Waals surface area contributed by atoms with Gasteiger partial charge < -0.3 is 4.90 Å². The van der Waals surface area contributed by atoms with Crippen LogP contribution in [0.25, 0.3) is 10.8 Å². The molecule has 184 valence electrons. The Balaban J connectivity index is 1.57. The summed E-state index contributed by atoms with van der Waals surface area (Å²) in [6, 6.07) is 29.0. The molecule has 5 aromatic rings. The third-order valence-corrected chi connectivity index (χ3v) is 6.43. The maximum atomic E-state index is 14.1. The molecule has 5 rings (SSSR count). The SMILES string of the molecule is CCc1ccc(CN(Cc2cccnc2)C(=O)c2nn(Cc3ccccc3)c(=O)c3ccccc23)cc1. The topological polar surface area (TPSA) is 68.1 Å². The van der Waals surface area contributed by atoms with Crippen LogP contribution in [0.15, 0.2) is 108 Å². The molecule has 0 unspecified atom stereocenters. The van der Waals surface area contributed by atoms with Crippen LogP contribution >= 0.6 is 0 Å². The molecule has 0 atom stereocenters. The van der Waals surface area contributed by atoms with Crippen molar-refractivity contribution in [2.75, 3.05) is 0 Å². The normalized spacial score (nSPS) is 10.9. The number of pyridine rings is 1. The van der Waals surface area contributed by atoms with Crippen LogP contribution in [-0.4, -0.2) is 25.6 Å². The quantitative estimate of drug-likeness (QED) is 0.299. The maximum absolute atomic E-state index is 14.1. The van der Waals surface area contributed by atoms with Crippen LogP contribution in [0.3, 0.4) is 0 Å². The predicted molar refractivity (Wildman–Crippen MR) is 145 cm³/mol. The van der Waals surface area contributed by atoms with Crippen molar-refractivity contribution in [1.82, 2.24) is 19.7 Å². The molecule has 0 aliphatic rings. The number of nitrogens with zero attached hydrogens (tertiary/aromatic N) is 4.